The van der Waals surface area contributed by atoms with Crippen LogP contribution in [-0.4, -0.2) is 53.4 Å². The van der Waals surface area contributed by atoms with Gasteiger partial charge in [-0.2, -0.15) is 0 Å². The third kappa shape index (κ3) is 6.04. The van der Waals surface area contributed by atoms with Crippen molar-refractivity contribution in [1.82, 2.24) is 15.2 Å². The van der Waals surface area contributed by atoms with Crippen molar-refractivity contribution >= 4 is 21.8 Å². The van der Waals surface area contributed by atoms with Crippen LogP contribution in [-0.2, 0) is 21.1 Å². The summed E-state index contributed by atoms with van der Waals surface area (Å²) >= 11 is 0. The Labute approximate surface area is 212 Å². The van der Waals surface area contributed by atoms with Crippen molar-refractivity contribution in [3.05, 3.63) is 58.9 Å². The molecule has 10 heteroatoms. The summed E-state index contributed by atoms with van der Waals surface area (Å²) in [5, 5.41) is 12.7. The Morgan fingerprint density at radius 3 is 2.39 bits per heavy atom. The number of aliphatic hydroxyl groups is 1. The Hall–Kier alpha value is -2.98. The SMILES string of the molecule is CCS(=O)(=O)c1ccc([C@H](CO)NC(=O)c2cnc3c(c2)CN(C(=O)OC(C)(C)C)[C@H]3C(C)C)cc1. The summed E-state index contributed by atoms with van der Waals surface area (Å²) in [6, 6.07) is 6.81. The monoisotopic (exact) mass is 517 g/mol. The van der Waals surface area contributed by atoms with Crippen LogP contribution in [0.1, 0.15) is 80.8 Å². The number of aromatic nitrogens is 1. The highest BCUT2D eigenvalue weighted by atomic mass is 32.2. The van der Waals surface area contributed by atoms with Crippen molar-refractivity contribution in [2.75, 3.05) is 12.4 Å². The second-order valence-electron chi connectivity index (χ2n) is 10.2. The van der Waals surface area contributed by atoms with Gasteiger partial charge in [0.05, 0.1) is 47.1 Å². The Morgan fingerprint density at radius 2 is 1.86 bits per heavy atom. The molecule has 196 valence electrons. The molecule has 0 radical (unpaired) electrons. The van der Waals surface area contributed by atoms with Crippen molar-refractivity contribution in [3.63, 3.8) is 0 Å². The third-order valence-corrected chi connectivity index (χ3v) is 7.74. The molecule has 1 aliphatic heterocycles. The number of pyridine rings is 1. The average Bonchev–Trinajstić information content (AvgIpc) is 3.21. The number of hydrogen-bond acceptors (Lipinski definition) is 7. The minimum absolute atomic E-state index is 0.0130. The molecule has 1 aliphatic rings. The van der Waals surface area contributed by atoms with Crippen LogP contribution < -0.4 is 5.32 Å². The van der Waals surface area contributed by atoms with Gasteiger partial charge in [-0.1, -0.05) is 32.9 Å². The van der Waals surface area contributed by atoms with Gasteiger partial charge in [0.1, 0.15) is 5.60 Å². The number of carbonyl (C=O) groups excluding carboxylic acids is 2. The predicted molar refractivity (Wildman–Crippen MR) is 135 cm³/mol. The fraction of sp³-hybridized carbons (Fsp3) is 0.500. The minimum Gasteiger partial charge on any atom is -0.444 e. The topological polar surface area (TPSA) is 126 Å². The van der Waals surface area contributed by atoms with Gasteiger partial charge in [0.25, 0.3) is 5.91 Å². The van der Waals surface area contributed by atoms with E-state index in [-0.39, 0.29) is 35.8 Å². The Kier molecular flexibility index (Phi) is 8.10. The molecule has 2 heterocycles. The fourth-order valence-corrected chi connectivity index (χ4v) is 5.08. The van der Waals surface area contributed by atoms with Gasteiger partial charge in [-0.15, -0.1) is 0 Å². The molecule has 0 unspecified atom stereocenters. The zero-order valence-corrected chi connectivity index (χ0v) is 22.4. The lowest BCUT2D eigenvalue weighted by atomic mass is 9.99. The molecule has 9 nitrogen and oxygen atoms in total. The summed E-state index contributed by atoms with van der Waals surface area (Å²) in [5.41, 5.74) is 1.74. The lowest BCUT2D eigenvalue weighted by Crippen LogP contribution is -2.37. The van der Waals surface area contributed by atoms with Crippen LogP contribution >= 0.6 is 0 Å². The molecule has 1 aromatic carbocycles. The Morgan fingerprint density at radius 1 is 1.22 bits per heavy atom. The zero-order valence-electron chi connectivity index (χ0n) is 21.6. The van der Waals surface area contributed by atoms with Gasteiger partial charge >= 0.3 is 6.09 Å². The Bertz CT molecular complexity index is 1220. The highest BCUT2D eigenvalue weighted by Crippen LogP contribution is 2.38. The number of amides is 2. The van der Waals surface area contributed by atoms with E-state index in [4.69, 9.17) is 4.74 Å². The van der Waals surface area contributed by atoms with Crippen LogP contribution in [0, 0.1) is 5.92 Å². The molecule has 0 fully saturated rings. The maximum absolute atomic E-state index is 13.0. The van der Waals surface area contributed by atoms with Crippen LogP contribution in [0.5, 0.6) is 0 Å². The zero-order chi connectivity index (χ0) is 26.8. The lowest BCUT2D eigenvalue weighted by Gasteiger charge is -2.30. The van der Waals surface area contributed by atoms with Gasteiger partial charge in [0.15, 0.2) is 9.84 Å². The number of rotatable bonds is 7. The molecule has 0 aliphatic carbocycles. The summed E-state index contributed by atoms with van der Waals surface area (Å²) in [5.74, 6) is -0.364. The van der Waals surface area contributed by atoms with E-state index in [0.29, 0.717) is 11.1 Å². The normalized spacial score (nSPS) is 16.6. The molecule has 0 bridgehead atoms. The van der Waals surface area contributed by atoms with Crippen molar-refractivity contribution in [2.45, 2.75) is 70.7 Å². The number of ether oxygens (including phenoxy) is 1. The number of sulfone groups is 1. The van der Waals surface area contributed by atoms with Gasteiger partial charge in [0.2, 0.25) is 0 Å². The average molecular weight is 518 g/mol. The first kappa shape index (κ1) is 27.6. The lowest BCUT2D eigenvalue weighted by molar-refractivity contribution is 0.0124. The quantitative estimate of drug-likeness (QED) is 0.572. The molecule has 0 saturated carbocycles. The van der Waals surface area contributed by atoms with E-state index in [2.05, 4.69) is 10.3 Å². The van der Waals surface area contributed by atoms with Gasteiger partial charge < -0.3 is 15.2 Å². The van der Waals surface area contributed by atoms with Crippen LogP contribution in [0.25, 0.3) is 0 Å². The molecule has 2 aromatic rings. The molecule has 2 atom stereocenters. The number of aliphatic hydroxyl groups excluding tert-OH is 1. The smallest absolute Gasteiger partial charge is 0.411 e. The number of benzene rings is 1. The van der Waals surface area contributed by atoms with Crippen LogP contribution in [0.2, 0.25) is 0 Å². The van der Waals surface area contributed by atoms with Gasteiger partial charge in [-0.05, 0) is 56.0 Å². The highest BCUT2D eigenvalue weighted by molar-refractivity contribution is 7.91. The molecular formula is C26H35N3O6S. The molecule has 36 heavy (non-hydrogen) atoms. The van der Waals surface area contributed by atoms with E-state index in [1.54, 1.807) is 30.0 Å². The highest BCUT2D eigenvalue weighted by Gasteiger charge is 2.39. The largest absolute Gasteiger partial charge is 0.444 e. The molecule has 2 N–H and O–H groups in total. The summed E-state index contributed by atoms with van der Waals surface area (Å²) in [6.45, 7) is 10.9. The van der Waals surface area contributed by atoms with Gasteiger partial charge in [-0.3, -0.25) is 14.7 Å². The molecular weight excluding hydrogens is 482 g/mol. The van der Waals surface area contributed by atoms with Crippen LogP contribution in [0.3, 0.4) is 0 Å². The first-order valence-electron chi connectivity index (χ1n) is 12.0. The molecule has 0 spiro atoms. The van der Waals surface area contributed by atoms with E-state index in [1.165, 1.54) is 18.3 Å². The van der Waals surface area contributed by atoms with E-state index < -0.39 is 33.5 Å². The number of nitrogens with one attached hydrogen (secondary N) is 1. The Balaban J connectivity index is 1.80. The molecule has 2 amide bonds. The van der Waals surface area contributed by atoms with Crippen LogP contribution in [0.4, 0.5) is 4.79 Å². The second kappa shape index (κ2) is 10.6. The van der Waals surface area contributed by atoms with E-state index >= 15 is 0 Å². The first-order valence-corrected chi connectivity index (χ1v) is 13.7. The van der Waals surface area contributed by atoms with Crippen molar-refractivity contribution < 1.29 is 27.9 Å². The van der Waals surface area contributed by atoms with Gasteiger partial charge in [-0.25, -0.2) is 13.2 Å². The van der Waals surface area contributed by atoms with Gasteiger partial charge in [0, 0.05) is 6.20 Å². The van der Waals surface area contributed by atoms with E-state index in [9.17, 15) is 23.1 Å². The maximum atomic E-state index is 13.0. The number of carbonyl (C=O) groups is 2. The van der Waals surface area contributed by atoms with Crippen LogP contribution in [0.15, 0.2) is 41.4 Å². The molecule has 3 rings (SSSR count). The summed E-state index contributed by atoms with van der Waals surface area (Å²) in [7, 11) is -3.35. The third-order valence-electron chi connectivity index (χ3n) is 5.99. The van der Waals surface area contributed by atoms with E-state index in [0.717, 1.165) is 11.3 Å². The second-order valence-corrected chi connectivity index (χ2v) is 12.5. The summed E-state index contributed by atoms with van der Waals surface area (Å²) in [6.07, 6.45) is 1.03. The maximum Gasteiger partial charge on any atom is 0.411 e. The number of nitrogens with zero attached hydrogens (tertiary/aromatic N) is 2. The van der Waals surface area contributed by atoms with Crippen molar-refractivity contribution in [3.8, 4) is 0 Å². The minimum atomic E-state index is -3.35. The summed E-state index contributed by atoms with van der Waals surface area (Å²) < 4.78 is 29.7. The standard InChI is InChI=1S/C26H35N3O6S/c1-7-36(33,34)20-10-8-17(9-11-20)21(15-30)28-24(31)18-12-19-14-29(25(32)35-26(4,5)6)23(16(2)3)22(19)27-13-18/h8-13,16,21,23,30H,7,14-15H2,1-6H3,(H,28,31)/t21-,23-/m0/s1. The molecule has 1 aromatic heterocycles. The van der Waals surface area contributed by atoms with Crippen molar-refractivity contribution in [2.24, 2.45) is 5.92 Å². The van der Waals surface area contributed by atoms with E-state index in [1.807, 2.05) is 34.6 Å². The van der Waals surface area contributed by atoms with Crippen molar-refractivity contribution in [1.29, 1.82) is 0 Å². The fourth-order valence-electron chi connectivity index (χ4n) is 4.19. The molecule has 0 saturated heterocycles. The summed E-state index contributed by atoms with van der Waals surface area (Å²) in [4.78, 5) is 32.2. The number of fused-ring (bicyclic) bond motifs is 1. The number of hydrogen-bond donors (Lipinski definition) is 2. The first-order chi connectivity index (χ1) is 16.8. The predicted octanol–water partition coefficient (Wildman–Crippen LogP) is 3.79.